The van der Waals surface area contributed by atoms with Crippen LogP contribution in [0.2, 0.25) is 5.02 Å². The lowest BCUT2D eigenvalue weighted by Crippen LogP contribution is -1.99. The van der Waals surface area contributed by atoms with Crippen LogP contribution in [0, 0.1) is 0 Å². The number of ether oxygens (including phenoxy) is 1. The second-order valence-corrected chi connectivity index (χ2v) is 6.04. The van der Waals surface area contributed by atoms with Crippen molar-refractivity contribution in [3.63, 3.8) is 0 Å². The van der Waals surface area contributed by atoms with Gasteiger partial charge in [0.25, 0.3) is 0 Å². The largest absolute Gasteiger partial charge is 0.492 e. The minimum Gasteiger partial charge on any atom is -0.492 e. The Morgan fingerprint density at radius 1 is 1.26 bits per heavy atom. The summed E-state index contributed by atoms with van der Waals surface area (Å²) >= 11 is 11.0. The first-order chi connectivity index (χ1) is 9.25. The van der Waals surface area contributed by atoms with E-state index in [0.29, 0.717) is 17.4 Å². The van der Waals surface area contributed by atoms with Gasteiger partial charge < -0.3 is 4.74 Å². The molecule has 0 saturated heterocycles. The van der Waals surface area contributed by atoms with E-state index >= 15 is 0 Å². The first-order valence-corrected chi connectivity index (χ1v) is 7.89. The summed E-state index contributed by atoms with van der Waals surface area (Å²) < 4.78 is 6.57. The number of rotatable bonds is 6. The molecule has 0 saturated carbocycles. The molecule has 19 heavy (non-hydrogen) atoms. The van der Waals surface area contributed by atoms with Gasteiger partial charge in [0.15, 0.2) is 5.16 Å². The van der Waals surface area contributed by atoms with Gasteiger partial charge in [-0.15, -0.1) is 0 Å². The fourth-order valence-corrected chi connectivity index (χ4v) is 2.80. The highest BCUT2D eigenvalue weighted by atomic mass is 79.9. The number of halogens is 2. The van der Waals surface area contributed by atoms with Crippen molar-refractivity contribution in [2.45, 2.75) is 11.6 Å². The zero-order valence-corrected chi connectivity index (χ0v) is 13.2. The molecule has 0 aliphatic rings. The van der Waals surface area contributed by atoms with Crippen molar-refractivity contribution in [2.75, 3.05) is 12.4 Å². The average molecular weight is 360 g/mol. The first kappa shape index (κ1) is 14.6. The molecule has 0 bridgehead atoms. The summed E-state index contributed by atoms with van der Waals surface area (Å²) in [6, 6.07) is 7.40. The highest BCUT2D eigenvalue weighted by Crippen LogP contribution is 2.27. The number of benzene rings is 1. The molecule has 0 atom stereocenters. The van der Waals surface area contributed by atoms with E-state index in [1.807, 2.05) is 24.3 Å². The van der Waals surface area contributed by atoms with Gasteiger partial charge in [-0.3, -0.25) is 0 Å². The zero-order valence-electron chi connectivity index (χ0n) is 10.1. The number of thioether (sulfide) groups is 1. The summed E-state index contributed by atoms with van der Waals surface area (Å²) in [6.45, 7) is 0.626. The van der Waals surface area contributed by atoms with Crippen LogP contribution in [-0.2, 0) is 0 Å². The van der Waals surface area contributed by atoms with Gasteiger partial charge in [0.2, 0.25) is 0 Å². The molecule has 0 radical (unpaired) electrons. The third-order valence-electron chi connectivity index (χ3n) is 2.21. The summed E-state index contributed by atoms with van der Waals surface area (Å²) in [5.74, 6) is 1.63. The van der Waals surface area contributed by atoms with Crippen molar-refractivity contribution in [2.24, 2.45) is 0 Å². The van der Waals surface area contributed by atoms with Gasteiger partial charge >= 0.3 is 0 Å². The molecular weight excluding hydrogens is 348 g/mol. The van der Waals surface area contributed by atoms with Gasteiger partial charge in [0.1, 0.15) is 5.75 Å². The minimum absolute atomic E-state index is 0.619. The van der Waals surface area contributed by atoms with E-state index in [1.165, 1.54) is 0 Å². The number of nitrogens with zero attached hydrogens (tertiary/aromatic N) is 2. The molecule has 0 N–H and O–H groups in total. The lowest BCUT2D eigenvalue weighted by atomic mass is 10.3. The summed E-state index contributed by atoms with van der Waals surface area (Å²) in [4.78, 5) is 8.29. The van der Waals surface area contributed by atoms with Gasteiger partial charge in [0, 0.05) is 22.6 Å². The van der Waals surface area contributed by atoms with Crippen LogP contribution in [0.1, 0.15) is 6.42 Å². The maximum absolute atomic E-state index is 6.06. The van der Waals surface area contributed by atoms with E-state index in [1.54, 1.807) is 24.2 Å². The van der Waals surface area contributed by atoms with Gasteiger partial charge in [-0.1, -0.05) is 39.3 Å². The van der Waals surface area contributed by atoms with Gasteiger partial charge in [-0.25, -0.2) is 9.97 Å². The van der Waals surface area contributed by atoms with Crippen LogP contribution in [0.15, 0.2) is 46.3 Å². The van der Waals surface area contributed by atoms with Crippen LogP contribution in [0.3, 0.4) is 0 Å². The molecule has 0 unspecified atom stereocenters. The molecule has 3 nitrogen and oxygen atoms in total. The van der Waals surface area contributed by atoms with Crippen LogP contribution in [0.5, 0.6) is 5.75 Å². The minimum atomic E-state index is 0.619. The fourth-order valence-electron chi connectivity index (χ4n) is 1.36. The second kappa shape index (κ2) is 7.72. The lowest BCUT2D eigenvalue weighted by Gasteiger charge is -2.07. The van der Waals surface area contributed by atoms with Crippen molar-refractivity contribution >= 4 is 39.3 Å². The Kier molecular flexibility index (Phi) is 5.94. The Morgan fingerprint density at radius 2 is 2.05 bits per heavy atom. The maximum atomic E-state index is 6.06. The molecule has 1 aromatic heterocycles. The molecule has 6 heteroatoms. The molecule has 0 aliphatic heterocycles. The van der Waals surface area contributed by atoms with Gasteiger partial charge in [-0.05, 0) is 30.7 Å². The van der Waals surface area contributed by atoms with Crippen molar-refractivity contribution in [1.29, 1.82) is 0 Å². The molecule has 1 heterocycles. The van der Waals surface area contributed by atoms with Crippen molar-refractivity contribution in [3.05, 3.63) is 46.2 Å². The van der Waals surface area contributed by atoms with E-state index in [4.69, 9.17) is 16.3 Å². The molecule has 100 valence electrons. The number of hydrogen-bond donors (Lipinski definition) is 0. The summed E-state index contributed by atoms with van der Waals surface area (Å²) in [5, 5.41) is 1.41. The van der Waals surface area contributed by atoms with E-state index in [-0.39, 0.29) is 0 Å². The predicted molar refractivity (Wildman–Crippen MR) is 82.0 cm³/mol. The third kappa shape index (κ3) is 5.01. The van der Waals surface area contributed by atoms with E-state index < -0.39 is 0 Å². The van der Waals surface area contributed by atoms with E-state index in [2.05, 4.69) is 25.9 Å². The second-order valence-electron chi connectivity index (χ2n) is 3.66. The molecular formula is C13H12BrClN2OS. The Balaban J connectivity index is 1.69. The standard InChI is InChI=1S/C13H12BrClN2OS/c14-10-3-4-12(11(15)9-10)18-7-2-8-19-13-16-5-1-6-17-13/h1,3-6,9H,2,7-8H2. The SMILES string of the molecule is Clc1cc(Br)ccc1OCCCSc1ncccn1. The molecule has 0 spiro atoms. The average Bonchev–Trinajstić information content (AvgIpc) is 2.42. The van der Waals surface area contributed by atoms with Crippen LogP contribution in [0.4, 0.5) is 0 Å². The molecule has 2 aromatic rings. The normalized spacial score (nSPS) is 10.4. The Morgan fingerprint density at radius 3 is 2.79 bits per heavy atom. The molecule has 2 rings (SSSR count). The number of hydrogen-bond acceptors (Lipinski definition) is 4. The van der Waals surface area contributed by atoms with Crippen molar-refractivity contribution in [1.82, 2.24) is 9.97 Å². The predicted octanol–water partition coefficient (Wildman–Crippen LogP) is 4.45. The highest BCUT2D eigenvalue weighted by molar-refractivity contribution is 9.10. The highest BCUT2D eigenvalue weighted by Gasteiger charge is 2.02. The van der Waals surface area contributed by atoms with Crippen LogP contribution >= 0.6 is 39.3 Å². The smallest absolute Gasteiger partial charge is 0.187 e. The van der Waals surface area contributed by atoms with Crippen LogP contribution < -0.4 is 4.74 Å². The third-order valence-corrected chi connectivity index (χ3v) is 3.96. The fraction of sp³-hybridized carbons (Fsp3) is 0.231. The Hall–Kier alpha value is -0.780. The van der Waals surface area contributed by atoms with E-state index in [0.717, 1.165) is 21.8 Å². The quantitative estimate of drug-likeness (QED) is 0.433. The topological polar surface area (TPSA) is 35.0 Å². The molecule has 1 aromatic carbocycles. The lowest BCUT2D eigenvalue weighted by molar-refractivity contribution is 0.319. The van der Waals surface area contributed by atoms with Gasteiger partial charge in [-0.2, -0.15) is 0 Å². The summed E-state index contributed by atoms with van der Waals surface area (Å²) in [6.07, 6.45) is 4.40. The summed E-state index contributed by atoms with van der Waals surface area (Å²) in [5.41, 5.74) is 0. The van der Waals surface area contributed by atoms with Crippen LogP contribution in [0.25, 0.3) is 0 Å². The van der Waals surface area contributed by atoms with E-state index in [9.17, 15) is 0 Å². The molecule has 0 aliphatic carbocycles. The molecule has 0 amide bonds. The van der Waals surface area contributed by atoms with Gasteiger partial charge in [0.05, 0.1) is 11.6 Å². The Bertz CT molecular complexity index is 527. The van der Waals surface area contributed by atoms with Crippen molar-refractivity contribution in [3.8, 4) is 5.75 Å². The maximum Gasteiger partial charge on any atom is 0.187 e. The Labute approximate surface area is 129 Å². The summed E-state index contributed by atoms with van der Waals surface area (Å²) in [7, 11) is 0. The van der Waals surface area contributed by atoms with Crippen LogP contribution in [-0.4, -0.2) is 22.3 Å². The monoisotopic (exact) mass is 358 g/mol. The van der Waals surface area contributed by atoms with Crippen molar-refractivity contribution < 1.29 is 4.74 Å². The zero-order chi connectivity index (χ0) is 13.5. The molecule has 0 fully saturated rings. The first-order valence-electron chi connectivity index (χ1n) is 5.73. The number of aromatic nitrogens is 2.